The maximum Gasteiger partial charge on any atom is 3.00 e. The zero-order valence-corrected chi connectivity index (χ0v) is 10.7. The molecule has 1 rings (SSSR count). The van der Waals surface area contributed by atoms with E-state index >= 15 is 0 Å². The first kappa shape index (κ1) is 16.7. The molecule has 49 valence electrons. The van der Waals surface area contributed by atoms with Crippen molar-refractivity contribution in [3.63, 3.8) is 0 Å². The van der Waals surface area contributed by atoms with Gasteiger partial charge in [-0.05, 0) is 0 Å². The predicted molar refractivity (Wildman–Crippen MR) is 26.2 cm³/mol. The van der Waals surface area contributed by atoms with Crippen molar-refractivity contribution in [1.29, 1.82) is 0 Å². The Balaban J connectivity index is -0.000000120. The molecular weight excluding hydrogens is 323 g/mol. The van der Waals surface area contributed by atoms with Gasteiger partial charge < -0.3 is 34.0 Å². The topological polar surface area (TPSA) is 0 Å². The largest absolute Gasteiger partial charge is 3.00 e. The SMILES string of the molecule is CC1=[C-]CC=C1.[Br-].[Br-].[Zr+3]. The van der Waals surface area contributed by atoms with Gasteiger partial charge >= 0.3 is 26.2 Å². The normalized spacial score (nSPS) is 12.3. The molecule has 9 heavy (non-hydrogen) atoms. The van der Waals surface area contributed by atoms with Gasteiger partial charge in [0.05, 0.1) is 0 Å². The number of rotatable bonds is 0. The summed E-state index contributed by atoms with van der Waals surface area (Å²) in [5, 5.41) is 0. The third-order valence-corrected chi connectivity index (χ3v) is 0.867. The van der Waals surface area contributed by atoms with Gasteiger partial charge in [-0.15, -0.1) is 6.42 Å². The van der Waals surface area contributed by atoms with Crippen LogP contribution in [0.25, 0.3) is 0 Å². The van der Waals surface area contributed by atoms with Gasteiger partial charge in [-0.2, -0.15) is 6.08 Å². The van der Waals surface area contributed by atoms with E-state index in [0.717, 1.165) is 6.42 Å². The van der Waals surface area contributed by atoms with Crippen molar-refractivity contribution in [3.05, 3.63) is 23.8 Å². The summed E-state index contributed by atoms with van der Waals surface area (Å²) in [7, 11) is 0. The van der Waals surface area contributed by atoms with E-state index in [1.807, 2.05) is 0 Å². The Morgan fingerprint density at radius 1 is 1.44 bits per heavy atom. The number of hydrogen-bond donors (Lipinski definition) is 0. The molecule has 0 fully saturated rings. The summed E-state index contributed by atoms with van der Waals surface area (Å²) in [5.74, 6) is 0. The smallest absolute Gasteiger partial charge is 1.00 e. The second-order valence-corrected chi connectivity index (χ2v) is 1.47. The van der Waals surface area contributed by atoms with Gasteiger partial charge in [-0.1, -0.05) is 6.92 Å². The second kappa shape index (κ2) is 9.32. The molecule has 0 nitrogen and oxygen atoms in total. The summed E-state index contributed by atoms with van der Waals surface area (Å²) in [5.41, 5.74) is 1.27. The van der Waals surface area contributed by atoms with Gasteiger partial charge in [0.15, 0.2) is 0 Å². The van der Waals surface area contributed by atoms with Crippen LogP contribution < -0.4 is 34.0 Å². The van der Waals surface area contributed by atoms with E-state index in [1.54, 1.807) is 0 Å². The average molecular weight is 330 g/mol. The minimum absolute atomic E-state index is 0. The Morgan fingerprint density at radius 2 is 2.00 bits per heavy atom. The van der Waals surface area contributed by atoms with Crippen LogP contribution in [0.3, 0.4) is 0 Å². The quantitative estimate of drug-likeness (QED) is 0.395. The Bertz CT molecular complexity index is 105. The molecule has 0 bridgehead atoms. The maximum atomic E-state index is 3.12. The van der Waals surface area contributed by atoms with E-state index in [-0.39, 0.29) is 60.2 Å². The second-order valence-electron chi connectivity index (χ2n) is 1.47. The van der Waals surface area contributed by atoms with E-state index in [1.165, 1.54) is 5.57 Å². The van der Waals surface area contributed by atoms with Crippen LogP contribution in [0.2, 0.25) is 0 Å². The van der Waals surface area contributed by atoms with Gasteiger partial charge in [-0.3, -0.25) is 6.08 Å². The molecule has 1 aliphatic carbocycles. The van der Waals surface area contributed by atoms with Gasteiger partial charge in [0.2, 0.25) is 0 Å². The fourth-order valence-electron chi connectivity index (χ4n) is 0.515. The van der Waals surface area contributed by atoms with Crippen molar-refractivity contribution >= 4 is 0 Å². The van der Waals surface area contributed by atoms with Crippen LogP contribution in [-0.2, 0) is 26.2 Å². The van der Waals surface area contributed by atoms with Crippen molar-refractivity contribution in [2.75, 3.05) is 0 Å². The third-order valence-electron chi connectivity index (χ3n) is 0.867. The zero-order chi connectivity index (χ0) is 4.41. The minimum atomic E-state index is 0. The molecule has 0 aromatic carbocycles. The average Bonchev–Trinajstić information content (AvgIpc) is 1.86. The molecule has 0 aromatic heterocycles. The van der Waals surface area contributed by atoms with Crippen molar-refractivity contribution in [2.24, 2.45) is 0 Å². The van der Waals surface area contributed by atoms with Crippen LogP contribution in [0.5, 0.6) is 0 Å². The molecule has 1 aliphatic rings. The Hall–Kier alpha value is 1.32. The van der Waals surface area contributed by atoms with Crippen molar-refractivity contribution in [2.45, 2.75) is 13.3 Å². The molecule has 1 radical (unpaired) electrons. The van der Waals surface area contributed by atoms with Crippen LogP contribution in [0, 0.1) is 6.08 Å². The van der Waals surface area contributed by atoms with Gasteiger partial charge in [0.1, 0.15) is 0 Å². The van der Waals surface area contributed by atoms with Crippen LogP contribution >= 0.6 is 0 Å². The summed E-state index contributed by atoms with van der Waals surface area (Å²) >= 11 is 0. The standard InChI is InChI=1S/C6H7.2BrH.Zr/c1-6-4-2-3-5-6;;;/h2,4H,3H2,1H3;2*1H;/q-1;;;+3/p-2. The maximum absolute atomic E-state index is 3.12. The molecule has 0 amide bonds. The number of hydrogen-bond acceptors (Lipinski definition) is 0. The van der Waals surface area contributed by atoms with Crippen LogP contribution in [0.1, 0.15) is 13.3 Å². The van der Waals surface area contributed by atoms with E-state index < -0.39 is 0 Å². The van der Waals surface area contributed by atoms with Crippen molar-refractivity contribution in [3.8, 4) is 0 Å². The molecule has 0 unspecified atom stereocenters. The van der Waals surface area contributed by atoms with E-state index in [0.29, 0.717) is 0 Å². The molecule has 0 heterocycles. The fraction of sp³-hybridized carbons (Fsp3) is 0.333. The van der Waals surface area contributed by atoms with Gasteiger partial charge in [-0.25, -0.2) is 11.6 Å². The molecule has 0 aromatic rings. The first-order valence-electron chi connectivity index (χ1n) is 2.13. The molecule has 0 saturated carbocycles. The third kappa shape index (κ3) is 7.22. The van der Waals surface area contributed by atoms with Crippen molar-refractivity contribution < 1.29 is 60.2 Å². The molecule has 0 atom stereocenters. The monoisotopic (exact) mass is 327 g/mol. The summed E-state index contributed by atoms with van der Waals surface area (Å²) in [6.07, 6.45) is 8.33. The summed E-state index contributed by atoms with van der Waals surface area (Å²) in [6, 6.07) is 0. The van der Waals surface area contributed by atoms with Gasteiger partial charge in [0.25, 0.3) is 0 Å². The first-order chi connectivity index (χ1) is 2.89. The summed E-state index contributed by atoms with van der Waals surface area (Å²) < 4.78 is 0. The van der Waals surface area contributed by atoms with E-state index in [4.69, 9.17) is 0 Å². The summed E-state index contributed by atoms with van der Waals surface area (Å²) in [4.78, 5) is 0. The Morgan fingerprint density at radius 3 is 2.11 bits per heavy atom. The molecule has 0 N–H and O–H groups in total. The zero-order valence-electron chi connectivity index (χ0n) is 5.12. The predicted octanol–water partition coefficient (Wildman–Crippen LogP) is -4.30. The fourth-order valence-corrected chi connectivity index (χ4v) is 0.515. The van der Waals surface area contributed by atoms with E-state index in [9.17, 15) is 0 Å². The molecular formula is C6H7Br2Zr. The van der Waals surface area contributed by atoms with Crippen LogP contribution in [0.4, 0.5) is 0 Å². The van der Waals surface area contributed by atoms with Crippen LogP contribution in [-0.4, -0.2) is 0 Å². The van der Waals surface area contributed by atoms with Gasteiger partial charge in [0, 0.05) is 0 Å². The Kier molecular flexibility index (Phi) is 17.3. The number of allylic oxidation sites excluding steroid dienone is 4. The number of halogens is 2. The molecule has 0 aliphatic heterocycles. The molecule has 3 heteroatoms. The Labute approximate surface area is 96.5 Å². The van der Waals surface area contributed by atoms with Crippen LogP contribution in [0.15, 0.2) is 17.7 Å². The molecule has 0 saturated heterocycles. The molecule has 0 spiro atoms. The minimum Gasteiger partial charge on any atom is -1.00 e. The van der Waals surface area contributed by atoms with E-state index in [2.05, 4.69) is 25.2 Å². The van der Waals surface area contributed by atoms with Crippen molar-refractivity contribution in [1.82, 2.24) is 0 Å². The first-order valence-corrected chi connectivity index (χ1v) is 2.13. The summed E-state index contributed by atoms with van der Waals surface area (Å²) in [6.45, 7) is 2.06.